The minimum absolute atomic E-state index is 0.173. The minimum Gasteiger partial charge on any atom is -0.344 e. The Morgan fingerprint density at radius 2 is 1.23 bits per heavy atom. The van der Waals surface area contributed by atoms with Crippen LogP contribution in [-0.2, 0) is 19.6 Å². The predicted molar refractivity (Wildman–Crippen MR) is 118 cm³/mol. The molecule has 1 N–H and O–H groups in total. The minimum atomic E-state index is -3.66. The fourth-order valence-electron chi connectivity index (χ4n) is 3.85. The van der Waals surface area contributed by atoms with Gasteiger partial charge in [0.05, 0.1) is 4.90 Å². The highest BCUT2D eigenvalue weighted by Crippen LogP contribution is 2.31. The maximum atomic E-state index is 13.4. The molecule has 1 saturated heterocycles. The Morgan fingerprint density at radius 3 is 1.67 bits per heavy atom. The van der Waals surface area contributed by atoms with Gasteiger partial charge < -0.3 is 10.2 Å². The molecule has 0 aliphatic carbocycles. The van der Waals surface area contributed by atoms with E-state index in [1.807, 2.05) is 34.6 Å². The third-order valence-corrected chi connectivity index (χ3v) is 8.51. The number of amides is 2. The van der Waals surface area contributed by atoms with Gasteiger partial charge in [-0.05, 0) is 69.4 Å². The lowest BCUT2D eigenvalue weighted by atomic mass is 9.95. The van der Waals surface area contributed by atoms with E-state index in [1.165, 1.54) is 4.31 Å². The standard InChI is InChI=1S/C22H35N3O4S/c1-13(2)21(26)23-19(8)22(27)24-9-11-25(12-10-24)30(28,29)20-17(6)15(4)14(3)16(5)18(20)7/h13,19H,9-12H2,1-8H3,(H,23,26)/t19-/m0/s1. The molecule has 0 radical (unpaired) electrons. The Bertz CT molecular complexity index is 917. The van der Waals surface area contributed by atoms with E-state index < -0.39 is 16.1 Å². The van der Waals surface area contributed by atoms with Gasteiger partial charge in [-0.15, -0.1) is 0 Å². The zero-order valence-electron chi connectivity index (χ0n) is 19.4. The number of nitrogens with one attached hydrogen (secondary N) is 1. The van der Waals surface area contributed by atoms with Crippen molar-refractivity contribution in [1.29, 1.82) is 0 Å². The molecule has 2 amide bonds. The third kappa shape index (κ3) is 4.54. The van der Waals surface area contributed by atoms with Crippen molar-refractivity contribution in [3.63, 3.8) is 0 Å². The van der Waals surface area contributed by atoms with Crippen LogP contribution in [0, 0.1) is 40.5 Å². The second-order valence-electron chi connectivity index (χ2n) is 8.57. The van der Waals surface area contributed by atoms with Crippen molar-refractivity contribution in [2.75, 3.05) is 26.2 Å². The molecule has 8 heteroatoms. The summed E-state index contributed by atoms with van der Waals surface area (Å²) in [5.74, 6) is -0.557. The van der Waals surface area contributed by atoms with Crippen LogP contribution in [0.3, 0.4) is 0 Å². The van der Waals surface area contributed by atoms with Crippen molar-refractivity contribution in [1.82, 2.24) is 14.5 Å². The van der Waals surface area contributed by atoms with Gasteiger partial charge in [-0.3, -0.25) is 9.59 Å². The van der Waals surface area contributed by atoms with Gasteiger partial charge in [0.2, 0.25) is 21.8 Å². The zero-order chi connectivity index (χ0) is 23.0. The molecule has 0 aromatic heterocycles. The van der Waals surface area contributed by atoms with Gasteiger partial charge in [0.25, 0.3) is 0 Å². The molecule has 1 heterocycles. The lowest BCUT2D eigenvalue weighted by Gasteiger charge is -2.36. The molecule has 1 fully saturated rings. The molecule has 1 aliphatic rings. The van der Waals surface area contributed by atoms with Crippen LogP contribution < -0.4 is 5.32 Å². The maximum absolute atomic E-state index is 13.4. The summed E-state index contributed by atoms with van der Waals surface area (Å²) in [6, 6.07) is -0.630. The van der Waals surface area contributed by atoms with E-state index in [-0.39, 0.29) is 30.8 Å². The Kier molecular flexibility index (Phi) is 7.35. The fraction of sp³-hybridized carbons (Fsp3) is 0.636. The van der Waals surface area contributed by atoms with E-state index in [0.717, 1.165) is 27.8 Å². The molecule has 7 nitrogen and oxygen atoms in total. The van der Waals surface area contributed by atoms with Crippen molar-refractivity contribution >= 4 is 21.8 Å². The first-order chi connectivity index (χ1) is 13.8. The van der Waals surface area contributed by atoms with Crippen LogP contribution in [0.1, 0.15) is 48.6 Å². The van der Waals surface area contributed by atoms with Crippen LogP contribution in [0.4, 0.5) is 0 Å². The van der Waals surface area contributed by atoms with E-state index in [2.05, 4.69) is 5.32 Å². The molecule has 0 bridgehead atoms. The summed E-state index contributed by atoms with van der Waals surface area (Å²) in [4.78, 5) is 26.5. The molecule has 1 aliphatic heterocycles. The number of nitrogens with zero attached hydrogens (tertiary/aromatic N) is 2. The SMILES string of the molecule is Cc1c(C)c(C)c(S(=O)(=O)N2CCN(C(=O)[C@H](C)NC(=O)C(C)C)CC2)c(C)c1C. The Balaban J connectivity index is 2.17. The van der Waals surface area contributed by atoms with Gasteiger partial charge in [-0.1, -0.05) is 13.8 Å². The molecular weight excluding hydrogens is 402 g/mol. The van der Waals surface area contributed by atoms with E-state index in [4.69, 9.17) is 0 Å². The van der Waals surface area contributed by atoms with Crippen molar-refractivity contribution in [2.45, 2.75) is 66.3 Å². The summed E-state index contributed by atoms with van der Waals surface area (Å²) in [5.41, 5.74) is 4.70. The summed E-state index contributed by atoms with van der Waals surface area (Å²) < 4.78 is 28.4. The van der Waals surface area contributed by atoms with Gasteiger partial charge in [-0.2, -0.15) is 4.31 Å². The van der Waals surface area contributed by atoms with Crippen molar-refractivity contribution < 1.29 is 18.0 Å². The first-order valence-corrected chi connectivity index (χ1v) is 11.9. The Morgan fingerprint density at radius 1 is 0.800 bits per heavy atom. The largest absolute Gasteiger partial charge is 0.344 e. The fourth-order valence-corrected chi connectivity index (χ4v) is 5.83. The number of piperazine rings is 1. The quantitative estimate of drug-likeness (QED) is 0.765. The molecule has 1 atom stereocenters. The zero-order valence-corrected chi connectivity index (χ0v) is 20.2. The normalized spacial score (nSPS) is 16.6. The topological polar surface area (TPSA) is 86.8 Å². The summed E-state index contributed by atoms with van der Waals surface area (Å²) in [6.45, 7) is 16.0. The second-order valence-corrected chi connectivity index (χ2v) is 10.4. The van der Waals surface area contributed by atoms with Crippen LogP contribution in [0.15, 0.2) is 4.90 Å². The molecule has 2 rings (SSSR count). The summed E-state index contributed by atoms with van der Waals surface area (Å²) in [6.07, 6.45) is 0. The first-order valence-electron chi connectivity index (χ1n) is 10.5. The molecule has 0 unspecified atom stereocenters. The van der Waals surface area contributed by atoms with Crippen LogP contribution in [0.25, 0.3) is 0 Å². The summed E-state index contributed by atoms with van der Waals surface area (Å²) >= 11 is 0. The maximum Gasteiger partial charge on any atom is 0.244 e. The number of benzene rings is 1. The molecule has 1 aromatic rings. The average molecular weight is 438 g/mol. The first kappa shape index (κ1) is 24.3. The molecular formula is C22H35N3O4S. The van der Waals surface area contributed by atoms with E-state index >= 15 is 0 Å². The Labute approximate surface area is 180 Å². The second kappa shape index (κ2) is 9.06. The van der Waals surface area contributed by atoms with Crippen molar-refractivity contribution in [3.8, 4) is 0 Å². The number of carbonyl (C=O) groups excluding carboxylic acids is 2. The van der Waals surface area contributed by atoms with Crippen LogP contribution in [-0.4, -0.2) is 61.7 Å². The number of carbonyl (C=O) groups is 2. The lowest BCUT2D eigenvalue weighted by Crippen LogP contribution is -2.55. The van der Waals surface area contributed by atoms with Crippen molar-refractivity contribution in [2.24, 2.45) is 5.92 Å². The lowest BCUT2D eigenvalue weighted by molar-refractivity contribution is -0.137. The van der Waals surface area contributed by atoms with Gasteiger partial charge in [-0.25, -0.2) is 8.42 Å². The molecule has 0 spiro atoms. The monoisotopic (exact) mass is 437 g/mol. The van der Waals surface area contributed by atoms with Crippen LogP contribution in [0.2, 0.25) is 0 Å². The molecule has 168 valence electrons. The van der Waals surface area contributed by atoms with Gasteiger partial charge in [0.1, 0.15) is 6.04 Å². The predicted octanol–water partition coefficient (Wildman–Crippen LogP) is 2.22. The van der Waals surface area contributed by atoms with Crippen LogP contribution >= 0.6 is 0 Å². The average Bonchev–Trinajstić information content (AvgIpc) is 2.70. The highest BCUT2D eigenvalue weighted by atomic mass is 32.2. The van der Waals surface area contributed by atoms with Crippen LogP contribution in [0.5, 0.6) is 0 Å². The Hall–Kier alpha value is -1.93. The van der Waals surface area contributed by atoms with E-state index in [9.17, 15) is 18.0 Å². The number of hydrogen-bond donors (Lipinski definition) is 1. The molecule has 1 aromatic carbocycles. The van der Waals surface area contributed by atoms with E-state index in [0.29, 0.717) is 18.0 Å². The highest BCUT2D eigenvalue weighted by molar-refractivity contribution is 7.89. The van der Waals surface area contributed by atoms with Crippen molar-refractivity contribution in [3.05, 3.63) is 27.8 Å². The molecule has 30 heavy (non-hydrogen) atoms. The smallest absolute Gasteiger partial charge is 0.244 e. The number of hydrogen-bond acceptors (Lipinski definition) is 4. The summed E-state index contributed by atoms with van der Waals surface area (Å²) in [7, 11) is -3.66. The number of rotatable bonds is 5. The highest BCUT2D eigenvalue weighted by Gasteiger charge is 2.34. The third-order valence-electron chi connectivity index (χ3n) is 6.33. The number of sulfonamides is 1. The van der Waals surface area contributed by atoms with E-state index in [1.54, 1.807) is 25.7 Å². The van der Waals surface area contributed by atoms with Gasteiger partial charge in [0, 0.05) is 32.1 Å². The molecule has 0 saturated carbocycles. The summed E-state index contributed by atoms with van der Waals surface area (Å²) in [5, 5.41) is 2.71. The van der Waals surface area contributed by atoms with Gasteiger partial charge >= 0.3 is 0 Å². The van der Waals surface area contributed by atoms with Gasteiger partial charge in [0.15, 0.2) is 0 Å².